The van der Waals surface area contributed by atoms with E-state index in [0.29, 0.717) is 5.88 Å². The van der Waals surface area contributed by atoms with E-state index in [1.807, 2.05) is 30.3 Å². The van der Waals surface area contributed by atoms with Crippen molar-refractivity contribution < 1.29 is 0 Å². The summed E-state index contributed by atoms with van der Waals surface area (Å²) in [6.07, 6.45) is 1.76. The fraction of sp³-hybridized carbons (Fsp3) is 0.0909. The van der Waals surface area contributed by atoms with Gasteiger partial charge in [-0.25, -0.2) is 9.50 Å². The molecule has 0 bridgehead atoms. The third kappa shape index (κ3) is 1.20. The van der Waals surface area contributed by atoms with Crippen molar-refractivity contribution in [3.05, 3.63) is 42.4 Å². The van der Waals surface area contributed by atoms with E-state index >= 15 is 0 Å². The maximum Gasteiger partial charge on any atom is 0.145 e. The summed E-state index contributed by atoms with van der Waals surface area (Å²) >= 11 is 5.84. The minimum atomic E-state index is 0.364. The summed E-state index contributed by atoms with van der Waals surface area (Å²) in [5.74, 6) is 1.14. The van der Waals surface area contributed by atoms with Crippen LogP contribution in [0.1, 0.15) is 5.82 Å². The van der Waals surface area contributed by atoms with Gasteiger partial charge in [-0.05, 0) is 12.1 Å². The molecular weight excluding hydrogens is 210 g/mol. The average molecular weight is 218 g/mol. The number of nitrogens with zero attached hydrogens (tertiary/aromatic N) is 3. The smallest absolute Gasteiger partial charge is 0.145 e. The van der Waals surface area contributed by atoms with Gasteiger partial charge in [0.15, 0.2) is 0 Å². The van der Waals surface area contributed by atoms with Crippen molar-refractivity contribution in [2.75, 3.05) is 0 Å². The van der Waals surface area contributed by atoms with Crippen molar-refractivity contribution in [3.63, 3.8) is 0 Å². The zero-order chi connectivity index (χ0) is 10.3. The fourth-order valence-corrected chi connectivity index (χ4v) is 1.95. The zero-order valence-corrected chi connectivity index (χ0v) is 8.65. The maximum absolute atomic E-state index is 5.84. The Bertz CT molecular complexity index is 630. The van der Waals surface area contributed by atoms with Crippen LogP contribution in [0.3, 0.4) is 0 Å². The Labute approximate surface area is 91.3 Å². The summed E-state index contributed by atoms with van der Waals surface area (Å²) in [4.78, 5) is 4.46. The maximum atomic E-state index is 5.84. The molecule has 1 aromatic carbocycles. The van der Waals surface area contributed by atoms with Gasteiger partial charge in [-0.2, -0.15) is 5.10 Å². The molecule has 2 aromatic heterocycles. The van der Waals surface area contributed by atoms with Crippen LogP contribution in [-0.4, -0.2) is 14.6 Å². The number of hydrogen-bond acceptors (Lipinski definition) is 2. The second kappa shape index (κ2) is 3.21. The number of benzene rings is 1. The van der Waals surface area contributed by atoms with Crippen LogP contribution in [0.25, 0.3) is 16.4 Å². The number of hydrogen-bond donors (Lipinski definition) is 0. The van der Waals surface area contributed by atoms with Crippen molar-refractivity contribution in [2.24, 2.45) is 0 Å². The molecule has 0 aliphatic rings. The lowest BCUT2D eigenvalue weighted by molar-refractivity contribution is 0.865. The Hall–Kier alpha value is -1.61. The molecule has 74 valence electrons. The quantitative estimate of drug-likeness (QED) is 0.587. The molecule has 2 heterocycles. The first-order valence-corrected chi connectivity index (χ1v) is 5.21. The summed E-state index contributed by atoms with van der Waals surface area (Å²) in [5, 5.41) is 5.31. The predicted molar refractivity (Wildman–Crippen MR) is 60.1 cm³/mol. The molecule has 0 spiro atoms. The monoisotopic (exact) mass is 217 g/mol. The number of aromatic nitrogens is 3. The first-order valence-electron chi connectivity index (χ1n) is 4.67. The molecule has 3 nitrogen and oxygen atoms in total. The minimum absolute atomic E-state index is 0.364. The molecule has 0 N–H and O–H groups in total. The number of alkyl halides is 1. The first-order chi connectivity index (χ1) is 7.40. The van der Waals surface area contributed by atoms with Gasteiger partial charge in [-0.3, -0.25) is 0 Å². The summed E-state index contributed by atoms with van der Waals surface area (Å²) in [6.45, 7) is 0. The van der Waals surface area contributed by atoms with E-state index in [0.717, 1.165) is 22.2 Å². The molecule has 0 aliphatic carbocycles. The Balaban J connectivity index is 2.57. The van der Waals surface area contributed by atoms with Crippen molar-refractivity contribution >= 4 is 28.0 Å². The highest BCUT2D eigenvalue weighted by atomic mass is 35.5. The Morgan fingerprint density at radius 2 is 2.07 bits per heavy atom. The van der Waals surface area contributed by atoms with E-state index < -0.39 is 0 Å². The van der Waals surface area contributed by atoms with Crippen LogP contribution >= 0.6 is 11.6 Å². The van der Waals surface area contributed by atoms with Gasteiger partial charge in [0.25, 0.3) is 0 Å². The minimum Gasteiger partial charge on any atom is -0.232 e. The number of para-hydroxylation sites is 1. The van der Waals surface area contributed by atoms with Crippen LogP contribution in [0.5, 0.6) is 0 Å². The molecule has 0 saturated carbocycles. The van der Waals surface area contributed by atoms with E-state index in [1.54, 1.807) is 10.7 Å². The van der Waals surface area contributed by atoms with Crippen LogP contribution in [0.2, 0.25) is 0 Å². The lowest BCUT2D eigenvalue weighted by Gasteiger charge is -2.04. The third-order valence-corrected chi connectivity index (χ3v) is 2.68. The molecule has 0 radical (unpaired) electrons. The van der Waals surface area contributed by atoms with E-state index in [4.69, 9.17) is 11.6 Å². The van der Waals surface area contributed by atoms with Gasteiger partial charge >= 0.3 is 0 Å². The zero-order valence-electron chi connectivity index (χ0n) is 7.89. The summed E-state index contributed by atoms with van der Waals surface area (Å²) in [7, 11) is 0. The molecule has 4 heteroatoms. The van der Waals surface area contributed by atoms with Gasteiger partial charge in [0, 0.05) is 5.39 Å². The lowest BCUT2D eigenvalue weighted by atomic mass is 10.2. The molecular formula is C11H8ClN3. The Morgan fingerprint density at radius 1 is 1.20 bits per heavy atom. The van der Waals surface area contributed by atoms with Gasteiger partial charge in [0.2, 0.25) is 0 Å². The number of halogens is 1. The molecule has 0 fully saturated rings. The molecule has 3 aromatic rings. The summed E-state index contributed by atoms with van der Waals surface area (Å²) in [6, 6.07) is 9.97. The van der Waals surface area contributed by atoms with Crippen LogP contribution in [0.4, 0.5) is 0 Å². The average Bonchev–Trinajstić information content (AvgIpc) is 2.77. The molecule has 0 saturated heterocycles. The molecule has 0 unspecified atom stereocenters. The van der Waals surface area contributed by atoms with Crippen molar-refractivity contribution in [1.82, 2.24) is 14.6 Å². The molecule has 3 rings (SSSR count). The highest BCUT2D eigenvalue weighted by Gasteiger charge is 2.06. The highest BCUT2D eigenvalue weighted by molar-refractivity contribution is 6.16. The van der Waals surface area contributed by atoms with Crippen LogP contribution in [0.15, 0.2) is 36.5 Å². The fourth-order valence-electron chi connectivity index (χ4n) is 1.77. The van der Waals surface area contributed by atoms with Crippen molar-refractivity contribution in [3.8, 4) is 0 Å². The van der Waals surface area contributed by atoms with Gasteiger partial charge in [0.05, 0.1) is 23.1 Å². The number of fused-ring (bicyclic) bond motifs is 3. The van der Waals surface area contributed by atoms with Gasteiger partial charge in [-0.15, -0.1) is 11.6 Å². The number of rotatable bonds is 1. The normalized spacial score (nSPS) is 11.3. The SMILES string of the molecule is ClCc1nc2ccccc2c2ccnn12. The summed E-state index contributed by atoms with van der Waals surface area (Å²) < 4.78 is 1.79. The topological polar surface area (TPSA) is 30.2 Å². The predicted octanol–water partition coefficient (Wildman–Crippen LogP) is 2.62. The lowest BCUT2D eigenvalue weighted by Crippen LogP contribution is -2.00. The second-order valence-corrected chi connectivity index (χ2v) is 3.57. The second-order valence-electron chi connectivity index (χ2n) is 3.31. The molecule has 15 heavy (non-hydrogen) atoms. The van der Waals surface area contributed by atoms with E-state index in [-0.39, 0.29) is 0 Å². The van der Waals surface area contributed by atoms with Crippen LogP contribution < -0.4 is 0 Å². The largest absolute Gasteiger partial charge is 0.232 e. The van der Waals surface area contributed by atoms with Crippen LogP contribution in [0, 0.1) is 0 Å². The van der Waals surface area contributed by atoms with Crippen molar-refractivity contribution in [2.45, 2.75) is 5.88 Å². The van der Waals surface area contributed by atoms with E-state index in [1.165, 1.54) is 0 Å². The third-order valence-electron chi connectivity index (χ3n) is 2.44. The molecule has 0 amide bonds. The van der Waals surface area contributed by atoms with Gasteiger partial charge in [-0.1, -0.05) is 18.2 Å². The van der Waals surface area contributed by atoms with Crippen LogP contribution in [-0.2, 0) is 5.88 Å². The van der Waals surface area contributed by atoms with Crippen molar-refractivity contribution in [1.29, 1.82) is 0 Å². The van der Waals surface area contributed by atoms with E-state index in [9.17, 15) is 0 Å². The molecule has 0 aliphatic heterocycles. The Kier molecular flexibility index (Phi) is 1.86. The summed E-state index contributed by atoms with van der Waals surface area (Å²) in [5.41, 5.74) is 2.01. The standard InChI is InChI=1S/C11H8ClN3/c12-7-11-14-9-4-2-1-3-8(9)10-5-6-13-15(10)11/h1-6H,7H2. The van der Waals surface area contributed by atoms with Gasteiger partial charge < -0.3 is 0 Å². The van der Waals surface area contributed by atoms with Gasteiger partial charge in [0.1, 0.15) is 5.82 Å². The Morgan fingerprint density at radius 3 is 2.93 bits per heavy atom. The first kappa shape index (κ1) is 8.68. The van der Waals surface area contributed by atoms with E-state index in [2.05, 4.69) is 10.1 Å². The molecule has 0 atom stereocenters. The highest BCUT2D eigenvalue weighted by Crippen LogP contribution is 2.19.